The summed E-state index contributed by atoms with van der Waals surface area (Å²) in [4.78, 5) is 28.0. The minimum absolute atomic E-state index is 0.0652. The van der Waals surface area contributed by atoms with Crippen LogP contribution in [0.5, 0.6) is 0 Å². The van der Waals surface area contributed by atoms with E-state index in [9.17, 15) is 22.4 Å². The number of sulfonamides is 1. The average Bonchev–Trinajstić information content (AvgIpc) is 2.78. The normalized spacial score (nSPS) is 13.1. The van der Waals surface area contributed by atoms with Crippen molar-refractivity contribution >= 4 is 27.5 Å². The molecule has 7 nitrogen and oxygen atoms in total. The Balaban J connectivity index is 2.41. The SMILES string of the molecule is CC[C@H](C(=O)N[C@@H](C)CC)N(Cc1ccc(C)cc1)C(=O)CN(c1ccc(F)cc1)S(C)(=O)=O. The van der Waals surface area contributed by atoms with Gasteiger partial charge in [-0.1, -0.05) is 43.7 Å². The molecule has 2 rings (SSSR count). The molecule has 2 aromatic rings. The molecule has 0 heterocycles. The Morgan fingerprint density at radius 2 is 1.59 bits per heavy atom. The number of anilines is 1. The number of hydrogen-bond donors (Lipinski definition) is 1. The van der Waals surface area contributed by atoms with E-state index in [0.717, 1.165) is 40.2 Å². The average molecular weight is 492 g/mol. The number of nitrogens with one attached hydrogen (secondary N) is 1. The van der Waals surface area contributed by atoms with Gasteiger partial charge in [0.15, 0.2) is 0 Å². The Hall–Kier alpha value is -2.94. The fourth-order valence-corrected chi connectivity index (χ4v) is 4.32. The molecule has 0 unspecified atom stereocenters. The third-order valence-corrected chi connectivity index (χ3v) is 6.79. The Bertz CT molecular complexity index is 1070. The van der Waals surface area contributed by atoms with Crippen LogP contribution in [-0.2, 0) is 26.2 Å². The molecule has 0 saturated heterocycles. The predicted molar refractivity (Wildman–Crippen MR) is 132 cm³/mol. The molecule has 34 heavy (non-hydrogen) atoms. The lowest BCUT2D eigenvalue weighted by Crippen LogP contribution is -2.53. The summed E-state index contributed by atoms with van der Waals surface area (Å²) in [5.41, 5.74) is 2.05. The molecule has 0 bridgehead atoms. The number of rotatable bonds is 11. The fraction of sp³-hybridized carbons (Fsp3) is 0.440. The van der Waals surface area contributed by atoms with Crippen LogP contribution in [-0.4, -0.2) is 50.0 Å². The summed E-state index contributed by atoms with van der Waals surface area (Å²) in [6, 6.07) is 11.6. The summed E-state index contributed by atoms with van der Waals surface area (Å²) >= 11 is 0. The van der Waals surface area contributed by atoms with Gasteiger partial charge in [-0.15, -0.1) is 0 Å². The highest BCUT2D eigenvalue weighted by molar-refractivity contribution is 7.92. The van der Waals surface area contributed by atoms with Gasteiger partial charge in [0.2, 0.25) is 21.8 Å². The predicted octanol–water partition coefficient (Wildman–Crippen LogP) is 3.62. The van der Waals surface area contributed by atoms with Crippen molar-refractivity contribution in [2.24, 2.45) is 0 Å². The van der Waals surface area contributed by atoms with Gasteiger partial charge in [0, 0.05) is 12.6 Å². The quantitative estimate of drug-likeness (QED) is 0.520. The molecule has 0 spiro atoms. The molecule has 0 aromatic heterocycles. The van der Waals surface area contributed by atoms with E-state index in [1.54, 1.807) is 0 Å². The second kappa shape index (κ2) is 12.0. The third-order valence-electron chi connectivity index (χ3n) is 5.65. The number of hydrogen-bond acceptors (Lipinski definition) is 4. The largest absolute Gasteiger partial charge is 0.352 e. The molecule has 0 radical (unpaired) electrons. The van der Waals surface area contributed by atoms with E-state index in [4.69, 9.17) is 0 Å². The standard InChI is InChI=1S/C25H34FN3O4S/c1-6-19(4)27-25(31)23(7-2)28(16-20-10-8-18(3)9-11-20)24(30)17-29(34(5,32)33)22-14-12-21(26)13-15-22/h8-15,19,23H,6-7,16-17H2,1-5H3,(H,27,31)/t19-,23+/m0/s1. The second-order valence-corrected chi connectivity index (χ2v) is 10.4. The summed E-state index contributed by atoms with van der Waals surface area (Å²) in [5.74, 6) is -1.33. The van der Waals surface area contributed by atoms with Gasteiger partial charge in [-0.2, -0.15) is 0 Å². The topological polar surface area (TPSA) is 86.8 Å². The zero-order chi connectivity index (χ0) is 25.5. The van der Waals surface area contributed by atoms with Crippen molar-refractivity contribution in [3.05, 3.63) is 65.5 Å². The summed E-state index contributed by atoms with van der Waals surface area (Å²) in [7, 11) is -3.85. The number of carbonyl (C=O) groups excluding carboxylic acids is 2. The van der Waals surface area contributed by atoms with Crippen molar-refractivity contribution in [2.45, 2.75) is 59.2 Å². The van der Waals surface area contributed by atoms with Crippen LogP contribution >= 0.6 is 0 Å². The van der Waals surface area contributed by atoms with Crippen molar-refractivity contribution in [1.82, 2.24) is 10.2 Å². The molecule has 0 saturated carbocycles. The van der Waals surface area contributed by atoms with Crippen molar-refractivity contribution in [3.63, 3.8) is 0 Å². The van der Waals surface area contributed by atoms with E-state index in [1.807, 2.05) is 52.0 Å². The van der Waals surface area contributed by atoms with Gasteiger partial charge in [-0.25, -0.2) is 12.8 Å². The molecule has 9 heteroatoms. The minimum Gasteiger partial charge on any atom is -0.352 e. The van der Waals surface area contributed by atoms with Crippen LogP contribution in [0, 0.1) is 12.7 Å². The third kappa shape index (κ3) is 7.55. The first-order valence-electron chi connectivity index (χ1n) is 11.3. The molecular formula is C25H34FN3O4S. The molecule has 0 aliphatic rings. The highest BCUT2D eigenvalue weighted by Gasteiger charge is 2.32. The minimum atomic E-state index is -3.85. The van der Waals surface area contributed by atoms with Crippen molar-refractivity contribution < 1.29 is 22.4 Å². The van der Waals surface area contributed by atoms with E-state index in [-0.39, 0.29) is 24.2 Å². The summed E-state index contributed by atoms with van der Waals surface area (Å²) in [6.07, 6.45) is 2.08. The lowest BCUT2D eigenvalue weighted by Gasteiger charge is -2.33. The lowest BCUT2D eigenvalue weighted by atomic mass is 10.1. The van der Waals surface area contributed by atoms with E-state index >= 15 is 0 Å². The van der Waals surface area contributed by atoms with Gasteiger partial charge < -0.3 is 10.2 Å². The Morgan fingerprint density at radius 3 is 2.09 bits per heavy atom. The summed E-state index contributed by atoms with van der Waals surface area (Å²) < 4.78 is 39.3. The number of benzene rings is 2. The molecule has 0 aliphatic carbocycles. The number of nitrogens with zero attached hydrogens (tertiary/aromatic N) is 2. The highest BCUT2D eigenvalue weighted by atomic mass is 32.2. The molecule has 2 atom stereocenters. The highest BCUT2D eigenvalue weighted by Crippen LogP contribution is 2.20. The number of amides is 2. The first kappa shape index (κ1) is 27.3. The maximum Gasteiger partial charge on any atom is 0.244 e. The van der Waals surface area contributed by atoms with Crippen LogP contribution in [0.1, 0.15) is 44.7 Å². The van der Waals surface area contributed by atoms with Gasteiger partial charge in [0.05, 0.1) is 11.9 Å². The molecule has 2 amide bonds. The van der Waals surface area contributed by atoms with E-state index in [1.165, 1.54) is 17.0 Å². The Labute approximate surface area is 202 Å². The maximum absolute atomic E-state index is 13.5. The van der Waals surface area contributed by atoms with Gasteiger partial charge in [-0.05, 0) is 56.5 Å². The first-order chi connectivity index (χ1) is 16.0. The van der Waals surface area contributed by atoms with Crippen LogP contribution in [0.4, 0.5) is 10.1 Å². The van der Waals surface area contributed by atoms with Gasteiger partial charge in [-0.3, -0.25) is 13.9 Å². The number of carbonyl (C=O) groups is 2. The van der Waals surface area contributed by atoms with E-state index in [0.29, 0.717) is 6.42 Å². The summed E-state index contributed by atoms with van der Waals surface area (Å²) in [5, 5.41) is 2.93. The van der Waals surface area contributed by atoms with Crippen LogP contribution in [0.3, 0.4) is 0 Å². The number of aryl methyl sites for hydroxylation is 1. The maximum atomic E-state index is 13.5. The van der Waals surface area contributed by atoms with Gasteiger partial charge >= 0.3 is 0 Å². The molecule has 2 aromatic carbocycles. The zero-order valence-electron chi connectivity index (χ0n) is 20.4. The molecular weight excluding hydrogens is 457 g/mol. The van der Waals surface area contributed by atoms with Crippen LogP contribution in [0.25, 0.3) is 0 Å². The smallest absolute Gasteiger partial charge is 0.244 e. The van der Waals surface area contributed by atoms with E-state index < -0.39 is 34.3 Å². The summed E-state index contributed by atoms with van der Waals surface area (Å²) in [6.45, 7) is 7.24. The monoisotopic (exact) mass is 491 g/mol. The molecule has 186 valence electrons. The van der Waals surface area contributed by atoms with E-state index in [2.05, 4.69) is 5.32 Å². The van der Waals surface area contributed by atoms with Gasteiger partial charge in [0.25, 0.3) is 0 Å². The molecule has 1 N–H and O–H groups in total. The zero-order valence-corrected chi connectivity index (χ0v) is 21.2. The lowest BCUT2D eigenvalue weighted by molar-refractivity contribution is -0.140. The van der Waals surface area contributed by atoms with Gasteiger partial charge in [0.1, 0.15) is 18.4 Å². The van der Waals surface area contributed by atoms with Crippen molar-refractivity contribution in [2.75, 3.05) is 17.1 Å². The Morgan fingerprint density at radius 1 is 1.00 bits per heavy atom. The fourth-order valence-electron chi connectivity index (χ4n) is 3.47. The number of halogens is 1. The molecule has 0 fully saturated rings. The Kier molecular flexibility index (Phi) is 9.61. The molecule has 0 aliphatic heterocycles. The first-order valence-corrected chi connectivity index (χ1v) is 13.2. The van der Waals surface area contributed by atoms with Crippen molar-refractivity contribution in [3.8, 4) is 0 Å². The van der Waals surface area contributed by atoms with Crippen LogP contribution in [0.2, 0.25) is 0 Å². The van der Waals surface area contributed by atoms with Crippen LogP contribution < -0.4 is 9.62 Å². The second-order valence-electron chi connectivity index (χ2n) is 8.50. The van der Waals surface area contributed by atoms with Crippen molar-refractivity contribution in [1.29, 1.82) is 0 Å². The van der Waals surface area contributed by atoms with Crippen LogP contribution in [0.15, 0.2) is 48.5 Å².